The molecule has 1 atom stereocenters. The Bertz CT molecular complexity index is 849. The quantitative estimate of drug-likeness (QED) is 0.505. The molecule has 1 N–H and O–H groups in total. The monoisotopic (exact) mass is 397 g/mol. The molecule has 2 aromatic rings. The van der Waals surface area contributed by atoms with E-state index in [-0.39, 0.29) is 24.2 Å². The molecule has 0 fully saturated rings. The normalized spacial score (nSPS) is 13.6. The number of ether oxygens (including phenoxy) is 1. The zero-order valence-electron chi connectivity index (χ0n) is 16.5. The number of rotatable bonds is 8. The van der Waals surface area contributed by atoms with E-state index >= 15 is 0 Å². The highest BCUT2D eigenvalue weighted by molar-refractivity contribution is 8.00. The zero-order valence-corrected chi connectivity index (χ0v) is 17.3. The molecule has 0 aromatic heterocycles. The number of para-hydroxylation sites is 1. The molecule has 0 spiro atoms. The number of hydrogen-bond donors (Lipinski definition) is 1. The maximum absolute atomic E-state index is 12.2. The second kappa shape index (κ2) is 9.78. The average Bonchev–Trinajstić information content (AvgIpc) is 3.18. The maximum Gasteiger partial charge on any atom is 0.316 e. The first-order valence-electron chi connectivity index (χ1n) is 9.85. The van der Waals surface area contributed by atoms with Crippen molar-refractivity contribution in [2.24, 2.45) is 0 Å². The number of carbonyl (C=O) groups is 2. The predicted molar refractivity (Wildman–Crippen MR) is 114 cm³/mol. The van der Waals surface area contributed by atoms with Gasteiger partial charge in [0.1, 0.15) is 0 Å². The van der Waals surface area contributed by atoms with Crippen LogP contribution in [-0.4, -0.2) is 24.2 Å². The molecule has 28 heavy (non-hydrogen) atoms. The number of anilines is 1. The Balaban J connectivity index is 1.45. The van der Waals surface area contributed by atoms with Crippen molar-refractivity contribution in [3.63, 3.8) is 0 Å². The second-order valence-electron chi connectivity index (χ2n) is 7.18. The van der Waals surface area contributed by atoms with E-state index in [2.05, 4.69) is 37.4 Å². The van der Waals surface area contributed by atoms with Gasteiger partial charge in [-0.2, -0.15) is 0 Å². The molecule has 2 aromatic carbocycles. The third kappa shape index (κ3) is 5.38. The molecule has 0 unspecified atom stereocenters. The highest BCUT2D eigenvalue weighted by atomic mass is 32.2. The summed E-state index contributed by atoms with van der Waals surface area (Å²) in [5, 5.41) is 2.86. The van der Waals surface area contributed by atoms with Gasteiger partial charge in [0.05, 0.1) is 5.75 Å². The van der Waals surface area contributed by atoms with E-state index in [1.165, 1.54) is 29.3 Å². The van der Waals surface area contributed by atoms with E-state index in [1.807, 2.05) is 24.3 Å². The summed E-state index contributed by atoms with van der Waals surface area (Å²) in [6.45, 7) is 3.98. The van der Waals surface area contributed by atoms with Gasteiger partial charge in [0.15, 0.2) is 6.61 Å². The molecule has 0 bridgehead atoms. The topological polar surface area (TPSA) is 55.4 Å². The molecule has 1 aliphatic carbocycles. The molecule has 0 aliphatic heterocycles. The minimum absolute atomic E-state index is 0.204. The summed E-state index contributed by atoms with van der Waals surface area (Å²) < 4.78 is 5.15. The van der Waals surface area contributed by atoms with Crippen LogP contribution in [0.4, 0.5) is 5.69 Å². The number of esters is 1. The molecule has 1 aliphatic rings. The van der Waals surface area contributed by atoms with Crippen LogP contribution >= 0.6 is 11.8 Å². The number of carbonyl (C=O) groups excluding carboxylic acids is 2. The fourth-order valence-electron chi connectivity index (χ4n) is 3.41. The van der Waals surface area contributed by atoms with Crippen molar-refractivity contribution in [2.75, 3.05) is 17.7 Å². The Morgan fingerprint density at radius 3 is 2.75 bits per heavy atom. The average molecular weight is 398 g/mol. The van der Waals surface area contributed by atoms with E-state index in [9.17, 15) is 9.59 Å². The van der Waals surface area contributed by atoms with E-state index in [0.29, 0.717) is 5.92 Å². The maximum atomic E-state index is 12.2. The summed E-state index contributed by atoms with van der Waals surface area (Å²) in [5.74, 6) is -0.138. The Morgan fingerprint density at radius 1 is 1.14 bits per heavy atom. The van der Waals surface area contributed by atoms with Crippen LogP contribution < -0.4 is 5.32 Å². The number of fused-ring (bicyclic) bond motifs is 1. The summed E-state index contributed by atoms with van der Waals surface area (Å²) in [6.07, 6.45) is 4.46. The minimum atomic E-state index is -0.379. The van der Waals surface area contributed by atoms with Crippen molar-refractivity contribution in [2.45, 2.75) is 50.3 Å². The third-order valence-electron chi connectivity index (χ3n) is 5.17. The third-order valence-corrected chi connectivity index (χ3v) is 6.14. The van der Waals surface area contributed by atoms with Crippen molar-refractivity contribution in [3.05, 3.63) is 59.2 Å². The fourth-order valence-corrected chi connectivity index (χ4v) is 4.17. The molecule has 4 nitrogen and oxygen atoms in total. The van der Waals surface area contributed by atoms with Crippen molar-refractivity contribution in [1.29, 1.82) is 0 Å². The summed E-state index contributed by atoms with van der Waals surface area (Å²) in [7, 11) is 0. The number of thioether (sulfide) groups is 1. The van der Waals surface area contributed by atoms with E-state index in [1.54, 1.807) is 0 Å². The lowest BCUT2D eigenvalue weighted by atomic mass is 9.97. The van der Waals surface area contributed by atoms with Crippen LogP contribution in [0, 0.1) is 0 Å². The van der Waals surface area contributed by atoms with Gasteiger partial charge in [-0.25, -0.2) is 0 Å². The molecule has 0 radical (unpaired) electrons. The van der Waals surface area contributed by atoms with Gasteiger partial charge in [-0.3, -0.25) is 9.59 Å². The minimum Gasteiger partial charge on any atom is -0.455 e. The lowest BCUT2D eigenvalue weighted by Crippen LogP contribution is -2.22. The van der Waals surface area contributed by atoms with Crippen LogP contribution in [0.5, 0.6) is 0 Å². The molecule has 148 valence electrons. The van der Waals surface area contributed by atoms with Crippen molar-refractivity contribution in [1.82, 2.24) is 0 Å². The number of nitrogens with one attached hydrogen (secondary N) is 1. The van der Waals surface area contributed by atoms with E-state index in [4.69, 9.17) is 4.74 Å². The van der Waals surface area contributed by atoms with Crippen LogP contribution in [0.25, 0.3) is 0 Å². The smallest absolute Gasteiger partial charge is 0.316 e. The second-order valence-corrected chi connectivity index (χ2v) is 8.23. The SMILES string of the molecule is CC[C@H](C)c1ccccc1NC(=O)COC(=O)CSc1ccc2c(c1)CCC2. The molecule has 1 amide bonds. The Hall–Kier alpha value is -2.27. The molecule has 5 heteroatoms. The highest BCUT2D eigenvalue weighted by Crippen LogP contribution is 2.28. The first kappa shape index (κ1) is 20.5. The van der Waals surface area contributed by atoms with Crippen LogP contribution in [0.1, 0.15) is 49.3 Å². The van der Waals surface area contributed by atoms with Gasteiger partial charge in [0.25, 0.3) is 5.91 Å². The molecule has 0 saturated heterocycles. The molecular weight excluding hydrogens is 370 g/mol. The fraction of sp³-hybridized carbons (Fsp3) is 0.391. The van der Waals surface area contributed by atoms with E-state index in [0.717, 1.165) is 35.4 Å². The first-order valence-corrected chi connectivity index (χ1v) is 10.8. The Labute approximate surface area is 171 Å². The number of amides is 1. The van der Waals surface area contributed by atoms with E-state index < -0.39 is 0 Å². The van der Waals surface area contributed by atoms with Crippen molar-refractivity contribution < 1.29 is 14.3 Å². The van der Waals surface area contributed by atoms with Crippen LogP contribution in [0.3, 0.4) is 0 Å². The van der Waals surface area contributed by atoms with Crippen LogP contribution in [0.2, 0.25) is 0 Å². The van der Waals surface area contributed by atoms with Gasteiger partial charge in [-0.1, -0.05) is 38.1 Å². The number of aryl methyl sites for hydroxylation is 2. The predicted octanol–water partition coefficient (Wildman–Crippen LogP) is 4.96. The molecular formula is C23H27NO3S. The highest BCUT2D eigenvalue weighted by Gasteiger charge is 2.14. The van der Waals surface area contributed by atoms with Crippen LogP contribution in [0.15, 0.2) is 47.4 Å². The summed E-state index contributed by atoms with van der Waals surface area (Å²) >= 11 is 1.45. The largest absolute Gasteiger partial charge is 0.455 e. The molecule has 0 heterocycles. The summed E-state index contributed by atoms with van der Waals surface area (Å²) in [4.78, 5) is 25.3. The number of hydrogen-bond acceptors (Lipinski definition) is 4. The first-order chi connectivity index (χ1) is 13.6. The molecule has 3 rings (SSSR count). The van der Waals surface area contributed by atoms with Crippen LogP contribution in [-0.2, 0) is 27.2 Å². The lowest BCUT2D eigenvalue weighted by molar-refractivity contribution is -0.144. The zero-order chi connectivity index (χ0) is 19.9. The summed E-state index contributed by atoms with van der Waals surface area (Å²) in [5.41, 5.74) is 4.68. The Morgan fingerprint density at radius 2 is 1.93 bits per heavy atom. The van der Waals surface area contributed by atoms with Gasteiger partial charge >= 0.3 is 5.97 Å². The Kier molecular flexibility index (Phi) is 7.15. The summed E-state index contributed by atoms with van der Waals surface area (Å²) in [6, 6.07) is 14.1. The lowest BCUT2D eigenvalue weighted by Gasteiger charge is -2.15. The molecule has 0 saturated carbocycles. The van der Waals surface area contributed by atoms with Crippen molar-refractivity contribution >= 4 is 29.3 Å². The van der Waals surface area contributed by atoms with Crippen molar-refractivity contribution in [3.8, 4) is 0 Å². The van der Waals surface area contributed by atoms with Gasteiger partial charge in [-0.05, 0) is 66.5 Å². The van der Waals surface area contributed by atoms with Gasteiger partial charge in [0.2, 0.25) is 0 Å². The van der Waals surface area contributed by atoms with Gasteiger partial charge in [-0.15, -0.1) is 11.8 Å². The number of benzene rings is 2. The van der Waals surface area contributed by atoms with Gasteiger partial charge < -0.3 is 10.1 Å². The van der Waals surface area contributed by atoms with Gasteiger partial charge in [0, 0.05) is 10.6 Å². The standard InChI is InChI=1S/C23H27NO3S/c1-3-16(2)20-9-4-5-10-21(20)24-22(25)14-27-23(26)15-28-19-12-11-17-7-6-8-18(17)13-19/h4-5,9-13,16H,3,6-8,14-15H2,1-2H3,(H,24,25)/t16-/m0/s1.